The van der Waals surface area contributed by atoms with E-state index in [9.17, 15) is 13.2 Å². The lowest BCUT2D eigenvalue weighted by Crippen LogP contribution is -2.36. The molecule has 23 heavy (non-hydrogen) atoms. The Labute approximate surface area is 137 Å². The SMILES string of the molecule is Cc1nn([C@H]2CCS(=O)(=O)C2)c(C)c1CN(C)C(=O)C1CCC1. The van der Waals surface area contributed by atoms with E-state index < -0.39 is 9.84 Å². The molecule has 3 rings (SSSR count). The highest BCUT2D eigenvalue weighted by molar-refractivity contribution is 7.91. The van der Waals surface area contributed by atoms with Crippen molar-refractivity contribution in [3.05, 3.63) is 17.0 Å². The fraction of sp³-hybridized carbons (Fsp3) is 0.750. The van der Waals surface area contributed by atoms with Gasteiger partial charge in [-0.25, -0.2) is 8.42 Å². The Morgan fingerprint density at radius 3 is 2.52 bits per heavy atom. The molecule has 0 N–H and O–H groups in total. The van der Waals surface area contributed by atoms with Crippen LogP contribution in [0.5, 0.6) is 0 Å². The number of hydrogen-bond acceptors (Lipinski definition) is 4. The first-order valence-electron chi connectivity index (χ1n) is 8.28. The van der Waals surface area contributed by atoms with Gasteiger partial charge in [-0.15, -0.1) is 0 Å². The van der Waals surface area contributed by atoms with Crippen LogP contribution < -0.4 is 0 Å². The van der Waals surface area contributed by atoms with Gasteiger partial charge in [0.25, 0.3) is 0 Å². The average Bonchev–Trinajstić information content (AvgIpc) is 2.90. The number of carbonyl (C=O) groups is 1. The van der Waals surface area contributed by atoms with Crippen LogP contribution in [0.4, 0.5) is 0 Å². The number of rotatable bonds is 4. The van der Waals surface area contributed by atoms with Gasteiger partial charge in [0.2, 0.25) is 5.91 Å². The molecular formula is C16H25N3O3S. The summed E-state index contributed by atoms with van der Waals surface area (Å²) >= 11 is 0. The maximum absolute atomic E-state index is 12.3. The molecule has 1 atom stereocenters. The van der Waals surface area contributed by atoms with E-state index in [0.717, 1.165) is 36.2 Å². The molecule has 0 aromatic carbocycles. The Morgan fingerprint density at radius 1 is 1.30 bits per heavy atom. The van der Waals surface area contributed by atoms with Gasteiger partial charge < -0.3 is 4.90 Å². The zero-order valence-electron chi connectivity index (χ0n) is 14.1. The number of amides is 1. The maximum Gasteiger partial charge on any atom is 0.225 e. The Bertz CT molecular complexity index is 719. The standard InChI is InChI=1S/C16H25N3O3S/c1-11-15(9-18(3)16(20)13-5-4-6-13)12(2)19(17-11)14-7-8-23(21,22)10-14/h13-14H,4-10H2,1-3H3/t14-/m0/s1. The van der Waals surface area contributed by atoms with Crippen LogP contribution in [0.1, 0.15) is 48.7 Å². The second-order valence-electron chi connectivity index (χ2n) is 6.97. The Kier molecular flexibility index (Phi) is 4.25. The minimum atomic E-state index is -2.93. The van der Waals surface area contributed by atoms with Crippen LogP contribution in [0.25, 0.3) is 0 Å². The first kappa shape index (κ1) is 16.5. The molecule has 0 bridgehead atoms. The van der Waals surface area contributed by atoms with E-state index in [-0.39, 0.29) is 29.4 Å². The Hall–Kier alpha value is -1.37. The fourth-order valence-corrected chi connectivity index (χ4v) is 5.22. The molecule has 1 saturated carbocycles. The molecule has 7 heteroatoms. The van der Waals surface area contributed by atoms with Crippen molar-refractivity contribution in [1.82, 2.24) is 14.7 Å². The van der Waals surface area contributed by atoms with E-state index in [0.29, 0.717) is 13.0 Å². The Balaban J connectivity index is 1.77. The van der Waals surface area contributed by atoms with Gasteiger partial charge in [0.15, 0.2) is 9.84 Å². The van der Waals surface area contributed by atoms with E-state index in [2.05, 4.69) is 5.10 Å². The molecule has 1 aromatic rings. The summed E-state index contributed by atoms with van der Waals surface area (Å²) in [4.78, 5) is 14.1. The van der Waals surface area contributed by atoms with Gasteiger partial charge in [0.1, 0.15) is 0 Å². The summed E-state index contributed by atoms with van der Waals surface area (Å²) in [7, 11) is -1.09. The molecular weight excluding hydrogens is 314 g/mol. The monoisotopic (exact) mass is 339 g/mol. The summed E-state index contributed by atoms with van der Waals surface area (Å²) in [6.45, 7) is 4.46. The second kappa shape index (κ2) is 5.92. The topological polar surface area (TPSA) is 72.3 Å². The third-order valence-corrected chi connectivity index (χ3v) is 7.01. The van der Waals surface area contributed by atoms with E-state index >= 15 is 0 Å². The predicted octanol–water partition coefficient (Wildman–Crippen LogP) is 1.62. The first-order chi connectivity index (χ1) is 10.8. The second-order valence-corrected chi connectivity index (χ2v) is 9.20. The van der Waals surface area contributed by atoms with Gasteiger partial charge in [-0.3, -0.25) is 9.48 Å². The molecule has 2 aliphatic rings. The lowest BCUT2D eigenvalue weighted by Gasteiger charge is -2.29. The van der Waals surface area contributed by atoms with Crippen LogP contribution in [0.15, 0.2) is 0 Å². The fourth-order valence-electron chi connectivity index (χ4n) is 3.53. The smallest absolute Gasteiger partial charge is 0.225 e. The third kappa shape index (κ3) is 3.16. The van der Waals surface area contributed by atoms with Crippen molar-refractivity contribution in [3.63, 3.8) is 0 Å². The highest BCUT2D eigenvalue weighted by Crippen LogP contribution is 2.30. The van der Waals surface area contributed by atoms with Gasteiger partial charge in [-0.05, 0) is 33.1 Å². The summed E-state index contributed by atoms with van der Waals surface area (Å²) in [5.74, 6) is 0.818. The minimum Gasteiger partial charge on any atom is -0.341 e. The number of aromatic nitrogens is 2. The van der Waals surface area contributed by atoms with Gasteiger partial charge >= 0.3 is 0 Å². The third-order valence-electron chi connectivity index (χ3n) is 5.26. The van der Waals surface area contributed by atoms with Gasteiger partial charge in [-0.2, -0.15) is 5.10 Å². The van der Waals surface area contributed by atoms with Crippen molar-refractivity contribution in [1.29, 1.82) is 0 Å². The zero-order chi connectivity index (χ0) is 16.8. The molecule has 1 aliphatic heterocycles. The average molecular weight is 339 g/mol. The summed E-state index contributed by atoms with van der Waals surface area (Å²) in [5.41, 5.74) is 2.92. The van der Waals surface area contributed by atoms with E-state index in [1.807, 2.05) is 25.6 Å². The molecule has 0 spiro atoms. The lowest BCUT2D eigenvalue weighted by molar-refractivity contribution is -0.137. The molecule has 1 aliphatic carbocycles. The maximum atomic E-state index is 12.3. The number of sulfone groups is 1. The molecule has 0 unspecified atom stereocenters. The molecule has 0 radical (unpaired) electrons. The quantitative estimate of drug-likeness (QED) is 0.835. The summed E-state index contributed by atoms with van der Waals surface area (Å²) in [5, 5.41) is 4.56. The number of aryl methyl sites for hydroxylation is 1. The number of carbonyl (C=O) groups excluding carboxylic acids is 1. The van der Waals surface area contributed by atoms with Crippen molar-refractivity contribution < 1.29 is 13.2 Å². The first-order valence-corrected chi connectivity index (χ1v) is 10.1. The molecule has 2 fully saturated rings. The van der Waals surface area contributed by atoms with Crippen LogP contribution >= 0.6 is 0 Å². The van der Waals surface area contributed by atoms with Crippen LogP contribution in [-0.4, -0.2) is 47.6 Å². The summed E-state index contributed by atoms with van der Waals surface area (Å²) in [6, 6.07) is -0.0694. The van der Waals surface area contributed by atoms with Crippen LogP contribution in [0.2, 0.25) is 0 Å². The molecule has 128 valence electrons. The van der Waals surface area contributed by atoms with Crippen molar-refractivity contribution in [2.75, 3.05) is 18.6 Å². The van der Waals surface area contributed by atoms with E-state index in [1.165, 1.54) is 0 Å². The Morgan fingerprint density at radius 2 is 2.00 bits per heavy atom. The van der Waals surface area contributed by atoms with Crippen LogP contribution in [-0.2, 0) is 21.2 Å². The largest absolute Gasteiger partial charge is 0.341 e. The summed E-state index contributed by atoms with van der Waals surface area (Å²) < 4.78 is 25.3. The normalized spacial score (nSPS) is 23.7. The van der Waals surface area contributed by atoms with Gasteiger partial charge in [0, 0.05) is 30.8 Å². The highest BCUT2D eigenvalue weighted by atomic mass is 32.2. The molecule has 6 nitrogen and oxygen atoms in total. The van der Waals surface area contributed by atoms with Crippen molar-refractivity contribution in [2.45, 2.75) is 52.1 Å². The van der Waals surface area contributed by atoms with Crippen molar-refractivity contribution in [2.24, 2.45) is 5.92 Å². The van der Waals surface area contributed by atoms with Crippen LogP contribution in [0.3, 0.4) is 0 Å². The molecule has 1 amide bonds. The lowest BCUT2D eigenvalue weighted by atomic mass is 9.84. The zero-order valence-corrected chi connectivity index (χ0v) is 14.9. The highest BCUT2D eigenvalue weighted by Gasteiger charge is 2.32. The predicted molar refractivity (Wildman–Crippen MR) is 87.8 cm³/mol. The molecule has 1 aromatic heterocycles. The van der Waals surface area contributed by atoms with E-state index in [1.54, 1.807) is 4.90 Å². The van der Waals surface area contributed by atoms with Crippen molar-refractivity contribution in [3.8, 4) is 0 Å². The van der Waals surface area contributed by atoms with E-state index in [4.69, 9.17) is 0 Å². The van der Waals surface area contributed by atoms with Gasteiger partial charge in [0.05, 0.1) is 23.2 Å². The van der Waals surface area contributed by atoms with Crippen molar-refractivity contribution >= 4 is 15.7 Å². The number of hydrogen-bond donors (Lipinski definition) is 0. The molecule has 2 heterocycles. The molecule has 1 saturated heterocycles. The van der Waals surface area contributed by atoms with Crippen LogP contribution in [0, 0.1) is 19.8 Å². The number of nitrogens with zero attached hydrogens (tertiary/aromatic N) is 3. The summed E-state index contributed by atoms with van der Waals surface area (Å²) in [6.07, 6.45) is 3.78. The minimum absolute atomic E-state index is 0.0694. The van der Waals surface area contributed by atoms with Gasteiger partial charge in [-0.1, -0.05) is 6.42 Å².